The first kappa shape index (κ1) is 46.2. The van der Waals surface area contributed by atoms with E-state index in [0.29, 0.717) is 34.4 Å². The summed E-state index contributed by atoms with van der Waals surface area (Å²) in [4.78, 5) is 63.6. The van der Waals surface area contributed by atoms with E-state index in [2.05, 4.69) is 87.2 Å². The third-order valence-electron chi connectivity index (χ3n) is 9.53. The maximum atomic E-state index is 12.4. The molecule has 11 N–H and O–H groups in total. The lowest BCUT2D eigenvalue weighted by Gasteiger charge is -2.15. The molecule has 0 aliphatic heterocycles. The normalized spacial score (nSPS) is 12.1. The summed E-state index contributed by atoms with van der Waals surface area (Å²) in [5.41, 5.74) is 34.2. The van der Waals surface area contributed by atoms with Crippen LogP contribution in [0.1, 0.15) is 62.9 Å². The van der Waals surface area contributed by atoms with E-state index >= 15 is 0 Å². The Kier molecular flexibility index (Phi) is 14.9. The number of pyridine rings is 4. The van der Waals surface area contributed by atoms with E-state index in [-0.39, 0.29) is 39.5 Å². The second kappa shape index (κ2) is 20.6. The summed E-state index contributed by atoms with van der Waals surface area (Å²) in [6.07, 6.45) is 9.84. The minimum absolute atomic E-state index is 0.114. The van der Waals surface area contributed by atoms with Gasteiger partial charge in [0.05, 0.1) is 22.5 Å². The quantitative estimate of drug-likeness (QED) is 0.0968. The van der Waals surface area contributed by atoms with Gasteiger partial charge in [-0.3, -0.25) is 29.1 Å². The van der Waals surface area contributed by atoms with Crippen molar-refractivity contribution in [2.24, 2.45) is 28.9 Å². The predicted octanol–water partition coefficient (Wildman–Crippen LogP) is 6.03. The van der Waals surface area contributed by atoms with Gasteiger partial charge < -0.3 is 34.0 Å². The van der Waals surface area contributed by atoms with E-state index in [4.69, 9.17) is 28.7 Å². The number of amides is 4. The Bertz CT molecular complexity index is 3060. The lowest BCUT2D eigenvalue weighted by atomic mass is 9.95. The van der Waals surface area contributed by atoms with Gasteiger partial charge in [0.15, 0.2) is 0 Å². The van der Waals surface area contributed by atoms with Crippen molar-refractivity contribution in [3.63, 3.8) is 0 Å². The summed E-state index contributed by atoms with van der Waals surface area (Å²) in [6.45, 7) is 16.2. The number of carbonyl (C=O) groups is 4. The summed E-state index contributed by atoms with van der Waals surface area (Å²) in [6, 6.07) is 20.9. The summed E-state index contributed by atoms with van der Waals surface area (Å²) in [5.74, 6) is 7.58. The molecule has 4 amide bonds. The zero-order chi connectivity index (χ0) is 46.7. The highest BCUT2D eigenvalue weighted by Crippen LogP contribution is 2.35. The number of nitrogens with one attached hydrogen (secondary N) is 1. The van der Waals surface area contributed by atoms with E-state index in [9.17, 15) is 19.2 Å². The second-order valence-electron chi connectivity index (χ2n) is 14.4. The Morgan fingerprint density at radius 3 is 1.75 bits per heavy atom. The predicted molar refractivity (Wildman–Crippen MR) is 254 cm³/mol. The SMILES string of the molecule is C=C(C#CC(N)=O)c1nc(N)c2ccc(-c3ccc(C)nc3)cc2c1C(N)=O.C=C(C#CC(N)=O)c1nc(NCC)c2ccc(C3=CC(C)C=C3)cc2c1C(N)=O.Cc1ccccn1. The summed E-state index contributed by atoms with van der Waals surface area (Å²) in [7, 11) is 0. The number of hydrogen-bond donors (Lipinski definition) is 6. The molecule has 0 fully saturated rings. The van der Waals surface area contributed by atoms with Gasteiger partial charge in [-0.05, 0) is 73.7 Å². The van der Waals surface area contributed by atoms with Gasteiger partial charge in [0, 0.05) is 80.4 Å². The number of rotatable bonds is 8. The number of allylic oxidation sites excluding steroid dienone is 6. The molecule has 0 radical (unpaired) electrons. The maximum absolute atomic E-state index is 12.4. The van der Waals surface area contributed by atoms with Crippen molar-refractivity contribution in [3.8, 4) is 34.8 Å². The Hall–Kier alpha value is -8.88. The van der Waals surface area contributed by atoms with Crippen LogP contribution in [0.15, 0.2) is 111 Å². The Morgan fingerprint density at radius 1 is 0.688 bits per heavy atom. The third kappa shape index (κ3) is 11.3. The van der Waals surface area contributed by atoms with E-state index < -0.39 is 23.6 Å². The first-order chi connectivity index (χ1) is 30.5. The van der Waals surface area contributed by atoms with Gasteiger partial charge in [-0.25, -0.2) is 9.97 Å². The molecule has 0 saturated heterocycles. The van der Waals surface area contributed by atoms with Crippen molar-refractivity contribution in [2.75, 3.05) is 17.6 Å². The summed E-state index contributed by atoms with van der Waals surface area (Å²) >= 11 is 0. The highest BCUT2D eigenvalue weighted by molar-refractivity contribution is 6.15. The van der Waals surface area contributed by atoms with Crippen molar-refractivity contribution in [1.29, 1.82) is 0 Å². The fourth-order valence-corrected chi connectivity index (χ4v) is 6.57. The molecular weight excluding hydrogens is 805 g/mol. The van der Waals surface area contributed by atoms with Crippen LogP contribution in [0.5, 0.6) is 0 Å². The molecule has 1 atom stereocenters. The number of aromatic nitrogens is 4. The lowest BCUT2D eigenvalue weighted by molar-refractivity contribution is -0.113. The van der Waals surface area contributed by atoms with Gasteiger partial charge in [0.1, 0.15) is 11.6 Å². The third-order valence-corrected chi connectivity index (χ3v) is 9.53. The topological polar surface area (TPSA) is 262 Å². The van der Waals surface area contributed by atoms with Crippen molar-refractivity contribution >= 4 is 73.5 Å². The fourth-order valence-electron chi connectivity index (χ4n) is 6.57. The summed E-state index contributed by atoms with van der Waals surface area (Å²) in [5, 5.41) is 5.68. The van der Waals surface area contributed by atoms with Crippen LogP contribution in [-0.4, -0.2) is 50.1 Å². The number of hydrogen-bond acceptors (Lipinski definition) is 10. The average Bonchev–Trinajstić information content (AvgIpc) is 3.70. The van der Waals surface area contributed by atoms with Crippen LogP contribution in [0.3, 0.4) is 0 Å². The zero-order valence-electron chi connectivity index (χ0n) is 35.7. The zero-order valence-corrected chi connectivity index (χ0v) is 35.7. The molecule has 1 unspecified atom stereocenters. The number of primary amides is 4. The molecule has 320 valence electrons. The fraction of sp³-hybridized carbons (Fsp3) is 0.120. The van der Waals surface area contributed by atoms with Gasteiger partial charge in [0.2, 0.25) is 0 Å². The Morgan fingerprint density at radius 2 is 1.25 bits per heavy atom. The van der Waals surface area contributed by atoms with E-state index in [1.165, 1.54) is 0 Å². The molecule has 64 heavy (non-hydrogen) atoms. The van der Waals surface area contributed by atoms with Gasteiger partial charge in [0.25, 0.3) is 23.6 Å². The number of fused-ring (bicyclic) bond motifs is 2. The molecule has 1 aliphatic rings. The van der Waals surface area contributed by atoms with Gasteiger partial charge in [-0.1, -0.05) is 86.5 Å². The van der Waals surface area contributed by atoms with Crippen molar-refractivity contribution < 1.29 is 19.2 Å². The van der Waals surface area contributed by atoms with Crippen LogP contribution in [0.4, 0.5) is 11.6 Å². The van der Waals surface area contributed by atoms with Crippen LogP contribution >= 0.6 is 0 Å². The van der Waals surface area contributed by atoms with Crippen LogP contribution in [0.25, 0.3) is 49.4 Å². The summed E-state index contributed by atoms with van der Waals surface area (Å²) < 4.78 is 0. The van der Waals surface area contributed by atoms with Crippen LogP contribution in [0, 0.1) is 43.4 Å². The molecule has 14 heteroatoms. The molecule has 0 spiro atoms. The Balaban J connectivity index is 0.000000209. The number of anilines is 2. The van der Waals surface area contributed by atoms with Gasteiger partial charge in [-0.2, -0.15) is 0 Å². The molecule has 4 heterocycles. The van der Waals surface area contributed by atoms with Gasteiger partial charge in [-0.15, -0.1) is 0 Å². The smallest absolute Gasteiger partial charge is 0.293 e. The molecule has 7 rings (SSSR count). The molecule has 0 bridgehead atoms. The van der Waals surface area contributed by atoms with Crippen molar-refractivity contribution in [2.45, 2.75) is 27.7 Å². The van der Waals surface area contributed by atoms with Gasteiger partial charge >= 0.3 is 0 Å². The van der Waals surface area contributed by atoms with E-state index in [1.807, 2.05) is 75.4 Å². The number of benzene rings is 2. The maximum Gasteiger partial charge on any atom is 0.293 e. The first-order valence-electron chi connectivity index (χ1n) is 19.8. The Labute approximate surface area is 370 Å². The largest absolute Gasteiger partial charge is 0.383 e. The highest BCUT2D eigenvalue weighted by atomic mass is 16.2. The second-order valence-corrected chi connectivity index (χ2v) is 14.4. The minimum Gasteiger partial charge on any atom is -0.383 e. The molecule has 2 aromatic carbocycles. The van der Waals surface area contributed by atoms with Crippen LogP contribution in [-0.2, 0) is 9.59 Å². The average molecular weight is 851 g/mol. The molecule has 0 saturated carbocycles. The number of carbonyl (C=O) groups excluding carboxylic acids is 4. The number of nitrogens with two attached hydrogens (primary N) is 5. The van der Waals surface area contributed by atoms with Crippen LogP contribution < -0.4 is 34.0 Å². The molecule has 14 nitrogen and oxygen atoms in total. The highest BCUT2D eigenvalue weighted by Gasteiger charge is 2.22. The lowest BCUT2D eigenvalue weighted by Crippen LogP contribution is -2.17. The first-order valence-corrected chi connectivity index (χ1v) is 19.8. The molecule has 1 aliphatic carbocycles. The van der Waals surface area contributed by atoms with Crippen molar-refractivity contribution in [1.82, 2.24) is 19.9 Å². The molecule has 6 aromatic rings. The van der Waals surface area contributed by atoms with E-state index in [0.717, 1.165) is 39.0 Å². The van der Waals surface area contributed by atoms with E-state index in [1.54, 1.807) is 24.5 Å². The number of nitrogens with zero attached hydrogens (tertiary/aromatic N) is 4. The standard InChI is InChI=1S/C23H22N4O2.C21H17N5O2.C6H7N/c1-4-26-23-17-9-8-16(15-7-5-13(2)11-15)12-18(17)20(22(25)29)21(27-23)14(3)6-10-19(24)28;1-11(3-8-17(22)27)19-18(21(24)28)16-9-13(6-7-15(16)20(23)26-19)14-5-4-12(2)25-10-14;1-6-4-2-3-5-7-6/h5,7-9,11-13H,3-4H2,1-2H3,(H2,24,28)(H2,25,29)(H,26,27);4-7,9-10H,1H2,2H3,(H2,22,27)(H2,23,26)(H2,24,28);2-5H,1H3. The number of aryl methyl sites for hydroxylation is 2. The monoisotopic (exact) mass is 850 g/mol. The molecule has 4 aromatic heterocycles. The number of nitrogen functional groups attached to an aromatic ring is 1. The van der Waals surface area contributed by atoms with Crippen LogP contribution in [0.2, 0.25) is 0 Å². The molecular formula is C50H46N10O4. The minimum atomic E-state index is -0.829. The van der Waals surface area contributed by atoms with Crippen molar-refractivity contribution in [3.05, 3.63) is 150 Å².